The highest BCUT2D eigenvalue weighted by Gasteiger charge is 2.40. The Morgan fingerprint density at radius 1 is 1.21 bits per heavy atom. The zero-order valence-corrected chi connectivity index (χ0v) is 16.1. The van der Waals surface area contributed by atoms with Crippen LogP contribution in [0.15, 0.2) is 42.7 Å². The molecule has 5 rings (SSSR count). The summed E-state index contributed by atoms with van der Waals surface area (Å²) < 4.78 is 13.2. The lowest BCUT2D eigenvalue weighted by molar-refractivity contribution is 0.466. The van der Waals surface area contributed by atoms with Crippen molar-refractivity contribution in [3.05, 3.63) is 54.1 Å². The summed E-state index contributed by atoms with van der Waals surface area (Å²) in [7, 11) is 1.94. The maximum atomic E-state index is 13.2. The molecule has 0 bridgehead atoms. The molecule has 9 heteroatoms. The Morgan fingerprint density at radius 3 is 2.90 bits per heavy atom. The Balaban J connectivity index is 1.33. The summed E-state index contributed by atoms with van der Waals surface area (Å²) in [5, 5.41) is 10.2. The normalized spacial score (nSPS) is 19.3. The van der Waals surface area contributed by atoms with Crippen LogP contribution in [0.5, 0.6) is 0 Å². The van der Waals surface area contributed by atoms with Gasteiger partial charge in [-0.3, -0.25) is 5.10 Å². The van der Waals surface area contributed by atoms with Crippen molar-refractivity contribution in [2.75, 3.05) is 17.3 Å². The molecule has 4 aromatic rings. The number of pyridine rings is 1. The summed E-state index contributed by atoms with van der Waals surface area (Å²) in [6.07, 6.45) is 3.38. The van der Waals surface area contributed by atoms with Gasteiger partial charge >= 0.3 is 0 Å². The van der Waals surface area contributed by atoms with Crippen LogP contribution in [0.25, 0.3) is 11.0 Å². The van der Waals surface area contributed by atoms with Gasteiger partial charge in [-0.2, -0.15) is 10.1 Å². The van der Waals surface area contributed by atoms with E-state index in [2.05, 4.69) is 37.4 Å². The molecule has 0 unspecified atom stereocenters. The molecule has 3 atom stereocenters. The van der Waals surface area contributed by atoms with Gasteiger partial charge in [-0.25, -0.2) is 14.4 Å². The van der Waals surface area contributed by atoms with E-state index in [0.29, 0.717) is 24.0 Å². The van der Waals surface area contributed by atoms with Crippen LogP contribution in [-0.2, 0) is 0 Å². The first kappa shape index (κ1) is 17.6. The van der Waals surface area contributed by atoms with Gasteiger partial charge in [-0.05, 0) is 37.6 Å². The first-order valence-electron chi connectivity index (χ1n) is 9.55. The number of aromatic amines is 2. The van der Waals surface area contributed by atoms with E-state index in [-0.39, 0.29) is 12.0 Å². The Bertz CT molecular complexity index is 1150. The summed E-state index contributed by atoms with van der Waals surface area (Å²) >= 11 is 0. The minimum atomic E-state index is -0.761. The summed E-state index contributed by atoms with van der Waals surface area (Å²) in [6.45, 7) is 2.06. The molecule has 1 aliphatic carbocycles. The van der Waals surface area contributed by atoms with Crippen LogP contribution >= 0.6 is 0 Å². The lowest BCUT2D eigenvalue weighted by atomic mass is 10.2. The highest BCUT2D eigenvalue weighted by atomic mass is 19.1. The van der Waals surface area contributed by atoms with E-state index in [0.717, 1.165) is 22.4 Å². The smallest absolute Gasteiger partial charge is 0.227 e. The standard InChI is InChI=1S/C20H21FN8/c1-11(14-3-4-15-16(24-14)5-7-22-15)29(2)20-23-8-6-18(26-20)25-19-10-17(27-28-19)12-9-13(12)21/h3-8,10-13,22H,9H2,1-2H3,(H2,23,25,26,27,28)/t11-,12+,13+/m1/s1. The van der Waals surface area contributed by atoms with Gasteiger partial charge in [-0.15, -0.1) is 0 Å². The van der Waals surface area contributed by atoms with Gasteiger partial charge in [0.1, 0.15) is 12.0 Å². The van der Waals surface area contributed by atoms with Crippen molar-refractivity contribution >= 4 is 28.6 Å². The third kappa shape index (κ3) is 3.39. The van der Waals surface area contributed by atoms with Crippen LogP contribution in [0.1, 0.15) is 36.7 Å². The molecule has 3 N–H and O–H groups in total. The predicted octanol–water partition coefficient (Wildman–Crippen LogP) is 3.84. The first-order chi connectivity index (χ1) is 14.1. The van der Waals surface area contributed by atoms with E-state index in [1.165, 1.54) is 0 Å². The number of nitrogens with zero attached hydrogens (tertiary/aromatic N) is 5. The van der Waals surface area contributed by atoms with E-state index in [9.17, 15) is 4.39 Å². The molecule has 1 saturated carbocycles. The Labute approximate surface area is 166 Å². The lowest BCUT2D eigenvalue weighted by Gasteiger charge is -2.24. The number of halogens is 1. The SMILES string of the molecule is C[C@H](c1ccc2[nH]ccc2n1)N(C)c1nccc(Nc2cc([C@H]3C[C@@H]3F)[nH]n2)n1. The minimum absolute atomic E-state index is 0.0158. The topological polar surface area (TPSA) is 98.4 Å². The number of nitrogens with one attached hydrogen (secondary N) is 3. The van der Waals surface area contributed by atoms with Crippen molar-refractivity contribution in [2.45, 2.75) is 31.5 Å². The van der Waals surface area contributed by atoms with Crippen LogP contribution in [0.3, 0.4) is 0 Å². The highest BCUT2D eigenvalue weighted by Crippen LogP contribution is 2.43. The molecule has 0 spiro atoms. The van der Waals surface area contributed by atoms with Gasteiger partial charge in [-0.1, -0.05) is 0 Å². The number of H-pyrrole nitrogens is 2. The number of fused-ring (bicyclic) bond motifs is 1. The monoisotopic (exact) mass is 392 g/mol. The minimum Gasteiger partial charge on any atom is -0.360 e. The predicted molar refractivity (Wildman–Crippen MR) is 109 cm³/mol. The Kier molecular flexibility index (Phi) is 4.15. The molecule has 1 fully saturated rings. The maximum absolute atomic E-state index is 13.2. The fourth-order valence-corrected chi connectivity index (χ4v) is 3.35. The second-order valence-electron chi connectivity index (χ2n) is 7.37. The molecule has 148 valence electrons. The van der Waals surface area contributed by atoms with Crippen molar-refractivity contribution in [1.29, 1.82) is 0 Å². The average molecular weight is 392 g/mol. The van der Waals surface area contributed by atoms with Gasteiger partial charge in [0, 0.05) is 37.1 Å². The van der Waals surface area contributed by atoms with Gasteiger partial charge in [0.2, 0.25) is 5.95 Å². The number of hydrogen-bond donors (Lipinski definition) is 3. The van der Waals surface area contributed by atoms with Crippen molar-refractivity contribution in [1.82, 2.24) is 30.1 Å². The second-order valence-corrected chi connectivity index (χ2v) is 7.37. The largest absolute Gasteiger partial charge is 0.360 e. The molecule has 8 nitrogen and oxygen atoms in total. The van der Waals surface area contributed by atoms with Crippen molar-refractivity contribution < 1.29 is 4.39 Å². The molecule has 0 amide bonds. The Morgan fingerprint density at radius 2 is 2.07 bits per heavy atom. The van der Waals surface area contributed by atoms with E-state index in [1.54, 1.807) is 12.3 Å². The van der Waals surface area contributed by atoms with E-state index in [1.807, 2.05) is 42.4 Å². The molecule has 0 aliphatic heterocycles. The number of aromatic nitrogens is 6. The fraction of sp³-hybridized carbons (Fsp3) is 0.300. The molecule has 0 aromatic carbocycles. The van der Waals surface area contributed by atoms with Gasteiger partial charge in [0.15, 0.2) is 5.82 Å². The molecule has 0 saturated heterocycles. The van der Waals surface area contributed by atoms with Crippen molar-refractivity contribution in [2.24, 2.45) is 0 Å². The van der Waals surface area contributed by atoms with Crippen LogP contribution in [0.2, 0.25) is 0 Å². The van der Waals surface area contributed by atoms with Crippen molar-refractivity contribution in [3.63, 3.8) is 0 Å². The molecule has 1 aliphatic rings. The molecular formula is C20H21FN8. The quantitative estimate of drug-likeness (QED) is 0.461. The van der Waals surface area contributed by atoms with Crippen LogP contribution in [0, 0.1) is 0 Å². The maximum Gasteiger partial charge on any atom is 0.227 e. The Hall–Kier alpha value is -3.49. The van der Waals surface area contributed by atoms with Crippen molar-refractivity contribution in [3.8, 4) is 0 Å². The third-order valence-corrected chi connectivity index (χ3v) is 5.36. The second kappa shape index (κ2) is 6.84. The molecule has 0 radical (unpaired) electrons. The fourth-order valence-electron chi connectivity index (χ4n) is 3.35. The number of anilines is 3. The highest BCUT2D eigenvalue weighted by molar-refractivity contribution is 5.74. The average Bonchev–Trinajstić information content (AvgIpc) is 3.11. The van der Waals surface area contributed by atoms with Crippen LogP contribution in [-0.4, -0.2) is 43.4 Å². The third-order valence-electron chi connectivity index (χ3n) is 5.36. The zero-order valence-electron chi connectivity index (χ0n) is 16.1. The first-order valence-corrected chi connectivity index (χ1v) is 9.55. The van der Waals surface area contributed by atoms with Crippen LogP contribution in [0.4, 0.5) is 22.0 Å². The van der Waals surface area contributed by atoms with E-state index < -0.39 is 6.17 Å². The van der Waals surface area contributed by atoms with Gasteiger partial charge in [0.25, 0.3) is 0 Å². The summed E-state index contributed by atoms with van der Waals surface area (Å²) in [5.41, 5.74) is 3.68. The number of alkyl halides is 1. The molecule has 4 aromatic heterocycles. The van der Waals surface area contributed by atoms with E-state index >= 15 is 0 Å². The van der Waals surface area contributed by atoms with Crippen LogP contribution < -0.4 is 10.2 Å². The zero-order chi connectivity index (χ0) is 20.0. The van der Waals surface area contributed by atoms with E-state index in [4.69, 9.17) is 4.98 Å². The lowest BCUT2D eigenvalue weighted by Crippen LogP contribution is -2.24. The van der Waals surface area contributed by atoms with Gasteiger partial charge in [0.05, 0.1) is 22.8 Å². The summed E-state index contributed by atoms with van der Waals surface area (Å²) in [6, 6.07) is 9.57. The molecule has 29 heavy (non-hydrogen) atoms. The number of rotatable bonds is 6. The molecular weight excluding hydrogens is 371 g/mol. The molecule has 4 heterocycles. The summed E-state index contributed by atoms with van der Waals surface area (Å²) in [4.78, 5) is 18.8. The van der Waals surface area contributed by atoms with Gasteiger partial charge < -0.3 is 15.2 Å². The number of hydrogen-bond acceptors (Lipinski definition) is 6. The summed E-state index contributed by atoms with van der Waals surface area (Å²) in [5.74, 6) is 1.74.